The highest BCUT2D eigenvalue weighted by molar-refractivity contribution is 6.00. The first-order valence-electron chi connectivity index (χ1n) is 11.4. The molecule has 0 saturated heterocycles. The summed E-state index contributed by atoms with van der Waals surface area (Å²) in [6.45, 7) is 2.25. The van der Waals surface area contributed by atoms with Crippen molar-refractivity contribution in [3.8, 4) is 17.3 Å². The molecule has 0 fully saturated rings. The van der Waals surface area contributed by atoms with Crippen molar-refractivity contribution in [2.45, 2.75) is 45.0 Å². The van der Waals surface area contributed by atoms with E-state index in [-0.39, 0.29) is 17.1 Å². The molecule has 0 aliphatic heterocycles. The largest absolute Gasteiger partial charge is 0.387 e. The van der Waals surface area contributed by atoms with E-state index in [1.165, 1.54) is 61.5 Å². The first-order chi connectivity index (χ1) is 17.8. The molecule has 0 aliphatic carbocycles. The molecule has 3 N–H and O–H groups in total. The van der Waals surface area contributed by atoms with Gasteiger partial charge in [-0.3, -0.25) is 14.5 Å². The fraction of sp³-hybridized carbons (Fsp3) is 0.333. The van der Waals surface area contributed by atoms with E-state index in [0.29, 0.717) is 22.5 Å². The van der Waals surface area contributed by atoms with Crippen LogP contribution in [0.5, 0.6) is 0 Å². The smallest absolute Gasteiger partial charge is 0.264 e. The third-order valence-electron chi connectivity index (χ3n) is 5.46. The van der Waals surface area contributed by atoms with Gasteiger partial charge >= 0.3 is 0 Å². The molecule has 4 rings (SSSR count). The molecular weight excluding hydrogens is 503 g/mol. The molecule has 0 aromatic carbocycles. The lowest BCUT2D eigenvalue weighted by atomic mass is 10.0. The van der Waals surface area contributed by atoms with Crippen LogP contribution in [0.25, 0.3) is 16.9 Å². The van der Waals surface area contributed by atoms with Crippen molar-refractivity contribution in [3.63, 3.8) is 0 Å². The molecule has 38 heavy (non-hydrogen) atoms. The van der Waals surface area contributed by atoms with E-state index in [9.17, 15) is 23.1 Å². The zero-order valence-electron chi connectivity index (χ0n) is 20.7. The van der Waals surface area contributed by atoms with Crippen molar-refractivity contribution in [1.82, 2.24) is 34.7 Å². The molecule has 0 radical (unpaired) electrons. The number of halogens is 3. The van der Waals surface area contributed by atoms with Crippen LogP contribution in [0.2, 0.25) is 0 Å². The molecule has 14 heteroatoms. The first kappa shape index (κ1) is 26.6. The molecule has 1 amide bonds. The maximum absolute atomic E-state index is 14.2. The molecule has 0 spiro atoms. The third kappa shape index (κ3) is 6.06. The summed E-state index contributed by atoms with van der Waals surface area (Å²) in [5.41, 5.74) is 0.115. The standard InChI is InChI=1S/C24H24F3N9O2/c1-23(2,38)19(25)11-31-22(37)16-9-29-17(15-10-32-36-12-14(7-28)8-30-21(15)36)6-18(16)33-20-4-5-35(34-20)13-24(3,26)27/h4-6,8-10,12,19,38H,11,13H2,1-3H3,(H,31,37)(H,29,33,34). The fourth-order valence-electron chi connectivity index (χ4n) is 3.47. The predicted octanol–water partition coefficient (Wildman–Crippen LogP) is 3.10. The van der Waals surface area contributed by atoms with Crippen LogP contribution in [0, 0.1) is 11.3 Å². The van der Waals surface area contributed by atoms with Crippen LogP contribution in [-0.4, -0.2) is 64.6 Å². The van der Waals surface area contributed by atoms with Gasteiger partial charge in [0.2, 0.25) is 0 Å². The Morgan fingerprint density at radius 3 is 2.68 bits per heavy atom. The van der Waals surface area contributed by atoms with Gasteiger partial charge in [-0.2, -0.15) is 15.5 Å². The molecule has 4 aromatic heterocycles. The van der Waals surface area contributed by atoms with Crippen molar-refractivity contribution < 1.29 is 23.1 Å². The van der Waals surface area contributed by atoms with Crippen LogP contribution in [-0.2, 0) is 6.54 Å². The number of nitrogens with zero attached hydrogens (tertiary/aromatic N) is 7. The van der Waals surface area contributed by atoms with Gasteiger partial charge in [0.25, 0.3) is 11.8 Å². The number of hydrogen-bond acceptors (Lipinski definition) is 8. The van der Waals surface area contributed by atoms with Crippen LogP contribution in [0.3, 0.4) is 0 Å². The highest BCUT2D eigenvalue weighted by Crippen LogP contribution is 2.28. The topological polar surface area (TPSA) is 146 Å². The lowest BCUT2D eigenvalue weighted by molar-refractivity contribution is -0.00186. The van der Waals surface area contributed by atoms with Gasteiger partial charge in [0.15, 0.2) is 11.5 Å². The first-order valence-corrected chi connectivity index (χ1v) is 11.4. The Hall–Kier alpha value is -4.51. The summed E-state index contributed by atoms with van der Waals surface area (Å²) in [5.74, 6) is -3.49. The van der Waals surface area contributed by atoms with E-state index < -0.39 is 36.7 Å². The van der Waals surface area contributed by atoms with Crippen molar-refractivity contribution in [2.75, 3.05) is 11.9 Å². The second kappa shape index (κ2) is 10.1. The number of anilines is 2. The number of fused-ring (bicyclic) bond motifs is 1. The molecule has 4 heterocycles. The Labute approximate surface area is 214 Å². The van der Waals surface area contributed by atoms with E-state index in [2.05, 4.69) is 30.8 Å². The van der Waals surface area contributed by atoms with E-state index in [1.807, 2.05) is 6.07 Å². The molecule has 1 unspecified atom stereocenters. The molecule has 1 atom stereocenters. The minimum Gasteiger partial charge on any atom is -0.387 e. The average molecular weight is 528 g/mol. The Morgan fingerprint density at radius 2 is 2.00 bits per heavy atom. The number of hydrogen-bond donors (Lipinski definition) is 3. The number of alkyl halides is 3. The van der Waals surface area contributed by atoms with Crippen molar-refractivity contribution >= 4 is 23.1 Å². The predicted molar refractivity (Wildman–Crippen MR) is 131 cm³/mol. The second-order valence-corrected chi connectivity index (χ2v) is 9.32. The monoisotopic (exact) mass is 527 g/mol. The highest BCUT2D eigenvalue weighted by Gasteiger charge is 2.28. The average Bonchev–Trinajstić information content (AvgIpc) is 3.46. The minimum atomic E-state index is -2.98. The number of nitrogens with one attached hydrogen (secondary N) is 2. The number of carbonyl (C=O) groups is 1. The number of amides is 1. The summed E-state index contributed by atoms with van der Waals surface area (Å²) in [5, 5.41) is 32.5. The summed E-state index contributed by atoms with van der Waals surface area (Å²) in [6, 6.07) is 4.95. The van der Waals surface area contributed by atoms with Gasteiger partial charge in [0.1, 0.15) is 18.8 Å². The van der Waals surface area contributed by atoms with Gasteiger partial charge in [0, 0.05) is 31.6 Å². The van der Waals surface area contributed by atoms with Crippen LogP contribution >= 0.6 is 0 Å². The quantitative estimate of drug-likeness (QED) is 0.301. The van der Waals surface area contributed by atoms with Crippen LogP contribution in [0.1, 0.15) is 36.7 Å². The molecular formula is C24H24F3N9O2. The maximum Gasteiger partial charge on any atom is 0.264 e. The van der Waals surface area contributed by atoms with Crippen LogP contribution in [0.4, 0.5) is 24.7 Å². The lowest BCUT2D eigenvalue weighted by Gasteiger charge is -2.22. The normalized spacial score (nSPS) is 12.8. The summed E-state index contributed by atoms with van der Waals surface area (Å²) in [6.07, 6.45) is 5.26. The van der Waals surface area contributed by atoms with Gasteiger partial charge in [-0.05, 0) is 19.9 Å². The van der Waals surface area contributed by atoms with Gasteiger partial charge in [-0.1, -0.05) is 0 Å². The number of rotatable bonds is 9. The Morgan fingerprint density at radius 1 is 1.24 bits per heavy atom. The number of aromatic nitrogens is 6. The molecule has 0 saturated carbocycles. The minimum absolute atomic E-state index is 0.0169. The van der Waals surface area contributed by atoms with Crippen LogP contribution in [0.15, 0.2) is 43.1 Å². The van der Waals surface area contributed by atoms with Gasteiger partial charge in [-0.15, -0.1) is 0 Å². The molecule has 0 aliphatic rings. The van der Waals surface area contributed by atoms with Crippen molar-refractivity contribution in [3.05, 3.63) is 54.2 Å². The molecule has 4 aromatic rings. The summed E-state index contributed by atoms with van der Waals surface area (Å²) in [7, 11) is 0. The number of carbonyl (C=O) groups excluding carboxylic acids is 1. The summed E-state index contributed by atoms with van der Waals surface area (Å²) in [4.78, 5) is 21.5. The van der Waals surface area contributed by atoms with Gasteiger partial charge < -0.3 is 15.7 Å². The zero-order chi connectivity index (χ0) is 27.7. The summed E-state index contributed by atoms with van der Waals surface area (Å²) >= 11 is 0. The van der Waals surface area contributed by atoms with Crippen molar-refractivity contribution in [1.29, 1.82) is 5.26 Å². The van der Waals surface area contributed by atoms with Crippen molar-refractivity contribution in [2.24, 2.45) is 0 Å². The lowest BCUT2D eigenvalue weighted by Crippen LogP contribution is -2.42. The summed E-state index contributed by atoms with van der Waals surface area (Å²) < 4.78 is 43.5. The van der Waals surface area contributed by atoms with E-state index in [0.717, 1.165) is 11.6 Å². The molecule has 198 valence electrons. The maximum atomic E-state index is 14.2. The number of pyridine rings is 1. The Bertz CT molecular complexity index is 1510. The Kier molecular flexibility index (Phi) is 7.05. The van der Waals surface area contributed by atoms with E-state index in [1.54, 1.807) is 0 Å². The molecule has 0 bridgehead atoms. The number of aliphatic hydroxyl groups is 1. The molecule has 11 nitrogen and oxygen atoms in total. The van der Waals surface area contributed by atoms with Gasteiger partial charge in [0.05, 0.1) is 52.6 Å². The van der Waals surface area contributed by atoms with E-state index >= 15 is 0 Å². The Balaban J connectivity index is 1.69. The highest BCUT2D eigenvalue weighted by atomic mass is 19.3. The van der Waals surface area contributed by atoms with Crippen LogP contribution < -0.4 is 10.6 Å². The zero-order valence-corrected chi connectivity index (χ0v) is 20.7. The third-order valence-corrected chi connectivity index (χ3v) is 5.46. The van der Waals surface area contributed by atoms with E-state index in [4.69, 9.17) is 5.26 Å². The number of nitriles is 1. The van der Waals surface area contributed by atoms with Gasteiger partial charge in [-0.25, -0.2) is 22.7 Å². The second-order valence-electron chi connectivity index (χ2n) is 9.32. The fourth-order valence-corrected chi connectivity index (χ4v) is 3.47. The SMILES string of the molecule is CC(F)(F)Cn1ccc(Nc2cc(-c3cnn4cc(C#N)cnc34)ncc2C(=O)NCC(F)C(C)(C)O)n1.